The Labute approximate surface area is 141 Å². The Hall–Kier alpha value is -2.04. The van der Waals surface area contributed by atoms with Crippen LogP contribution in [-0.2, 0) is 11.3 Å². The number of para-hydroxylation sites is 1. The van der Waals surface area contributed by atoms with Crippen LogP contribution in [0.1, 0.15) is 24.1 Å². The molecule has 4 nitrogen and oxygen atoms in total. The quantitative estimate of drug-likeness (QED) is 0.817. The minimum atomic E-state index is -0.0187. The van der Waals surface area contributed by atoms with Crippen LogP contribution in [0, 0.1) is 0 Å². The van der Waals surface area contributed by atoms with Gasteiger partial charge in [0, 0.05) is 22.7 Å². The first-order valence-corrected chi connectivity index (χ1v) is 7.96. The molecular formula is C18H22ClN2O2+. The van der Waals surface area contributed by atoms with Crippen LogP contribution in [-0.4, -0.2) is 19.6 Å². The molecule has 122 valence electrons. The molecule has 0 saturated carbocycles. The summed E-state index contributed by atoms with van der Waals surface area (Å²) in [6.07, 6.45) is 0. The van der Waals surface area contributed by atoms with Crippen LogP contribution >= 0.6 is 11.6 Å². The van der Waals surface area contributed by atoms with E-state index < -0.39 is 0 Å². The highest BCUT2D eigenvalue weighted by Gasteiger charge is 2.14. The molecule has 0 radical (unpaired) electrons. The van der Waals surface area contributed by atoms with Gasteiger partial charge in [0.05, 0.1) is 7.11 Å². The largest absolute Gasteiger partial charge is 0.496 e. The third kappa shape index (κ3) is 4.98. The normalized spacial score (nSPS) is 11.8. The van der Waals surface area contributed by atoms with Crippen LogP contribution in [0.4, 0.5) is 0 Å². The first-order valence-electron chi connectivity index (χ1n) is 7.58. The van der Waals surface area contributed by atoms with Crippen LogP contribution in [0.2, 0.25) is 5.02 Å². The SMILES string of the molecule is COc1ccccc1CNC(=O)C[NH2+][C@H](C)c1ccccc1Cl. The van der Waals surface area contributed by atoms with E-state index in [4.69, 9.17) is 16.3 Å². The average Bonchev–Trinajstić information content (AvgIpc) is 2.58. The van der Waals surface area contributed by atoms with Gasteiger partial charge in [-0.1, -0.05) is 48.0 Å². The van der Waals surface area contributed by atoms with Crippen molar-refractivity contribution in [2.24, 2.45) is 0 Å². The fraction of sp³-hybridized carbons (Fsp3) is 0.278. The zero-order valence-corrected chi connectivity index (χ0v) is 14.1. The van der Waals surface area contributed by atoms with Gasteiger partial charge in [0.2, 0.25) is 0 Å². The third-order valence-electron chi connectivity index (χ3n) is 3.72. The van der Waals surface area contributed by atoms with Gasteiger partial charge in [-0.15, -0.1) is 0 Å². The van der Waals surface area contributed by atoms with Gasteiger partial charge in [0.1, 0.15) is 11.8 Å². The summed E-state index contributed by atoms with van der Waals surface area (Å²) in [4.78, 5) is 12.0. The van der Waals surface area contributed by atoms with Gasteiger partial charge >= 0.3 is 0 Å². The molecule has 0 heterocycles. The lowest BCUT2D eigenvalue weighted by Crippen LogP contribution is -2.87. The number of methoxy groups -OCH3 is 1. The van der Waals surface area contributed by atoms with E-state index in [0.717, 1.165) is 21.9 Å². The van der Waals surface area contributed by atoms with E-state index in [-0.39, 0.29) is 11.9 Å². The van der Waals surface area contributed by atoms with Crippen LogP contribution in [0.15, 0.2) is 48.5 Å². The van der Waals surface area contributed by atoms with Gasteiger partial charge in [-0.3, -0.25) is 4.79 Å². The lowest BCUT2D eigenvalue weighted by atomic mass is 10.1. The molecule has 0 aliphatic heterocycles. The van der Waals surface area contributed by atoms with Gasteiger partial charge in [0.25, 0.3) is 5.91 Å². The number of halogens is 1. The van der Waals surface area contributed by atoms with Gasteiger partial charge in [0.15, 0.2) is 6.54 Å². The Morgan fingerprint density at radius 2 is 1.91 bits per heavy atom. The van der Waals surface area contributed by atoms with Crippen molar-refractivity contribution in [2.75, 3.05) is 13.7 Å². The van der Waals surface area contributed by atoms with E-state index in [9.17, 15) is 4.79 Å². The van der Waals surface area contributed by atoms with E-state index in [2.05, 4.69) is 5.32 Å². The summed E-state index contributed by atoms with van der Waals surface area (Å²) >= 11 is 6.17. The fourth-order valence-corrected chi connectivity index (χ4v) is 2.68. The van der Waals surface area contributed by atoms with Crippen molar-refractivity contribution in [1.29, 1.82) is 0 Å². The number of ether oxygens (including phenoxy) is 1. The molecular weight excluding hydrogens is 312 g/mol. The molecule has 0 saturated heterocycles. The first kappa shape index (κ1) is 17.3. The van der Waals surface area contributed by atoms with Crippen molar-refractivity contribution in [3.05, 3.63) is 64.7 Å². The predicted octanol–water partition coefficient (Wildman–Crippen LogP) is 2.29. The van der Waals surface area contributed by atoms with Gasteiger partial charge in [-0.25, -0.2) is 0 Å². The van der Waals surface area contributed by atoms with Gasteiger partial charge < -0.3 is 15.4 Å². The molecule has 0 aromatic heterocycles. The molecule has 23 heavy (non-hydrogen) atoms. The van der Waals surface area contributed by atoms with Gasteiger partial charge in [-0.05, 0) is 19.1 Å². The molecule has 5 heteroatoms. The summed E-state index contributed by atoms with van der Waals surface area (Å²) in [6.45, 7) is 2.84. The van der Waals surface area contributed by atoms with E-state index in [1.54, 1.807) is 7.11 Å². The Morgan fingerprint density at radius 1 is 1.22 bits per heavy atom. The lowest BCUT2D eigenvalue weighted by Gasteiger charge is -2.13. The molecule has 3 N–H and O–H groups in total. The maximum absolute atomic E-state index is 12.0. The second-order valence-electron chi connectivity index (χ2n) is 5.34. The Kier molecular flexibility index (Phi) is 6.44. The van der Waals surface area contributed by atoms with E-state index in [0.29, 0.717) is 13.1 Å². The van der Waals surface area contributed by atoms with Crippen molar-refractivity contribution >= 4 is 17.5 Å². The summed E-state index contributed by atoms with van der Waals surface area (Å²) in [5.41, 5.74) is 1.99. The van der Waals surface area contributed by atoms with E-state index >= 15 is 0 Å². The smallest absolute Gasteiger partial charge is 0.275 e. The lowest BCUT2D eigenvalue weighted by molar-refractivity contribution is -0.682. The highest BCUT2D eigenvalue weighted by atomic mass is 35.5. The average molecular weight is 334 g/mol. The minimum absolute atomic E-state index is 0.0187. The number of nitrogens with one attached hydrogen (secondary N) is 1. The van der Waals surface area contributed by atoms with Crippen LogP contribution in [0.25, 0.3) is 0 Å². The molecule has 1 amide bonds. The van der Waals surface area contributed by atoms with Crippen molar-refractivity contribution < 1.29 is 14.8 Å². The van der Waals surface area contributed by atoms with Crippen molar-refractivity contribution in [3.8, 4) is 5.75 Å². The van der Waals surface area contributed by atoms with E-state index in [1.807, 2.05) is 60.8 Å². The Morgan fingerprint density at radius 3 is 2.65 bits per heavy atom. The molecule has 0 aliphatic rings. The summed E-state index contributed by atoms with van der Waals surface area (Å²) in [5.74, 6) is 0.760. The number of hydrogen-bond acceptors (Lipinski definition) is 2. The number of hydrogen-bond donors (Lipinski definition) is 2. The zero-order chi connectivity index (χ0) is 16.7. The topological polar surface area (TPSA) is 54.9 Å². The van der Waals surface area contributed by atoms with Gasteiger partial charge in [-0.2, -0.15) is 0 Å². The number of rotatable bonds is 7. The Bertz CT molecular complexity index is 661. The monoisotopic (exact) mass is 333 g/mol. The predicted molar refractivity (Wildman–Crippen MR) is 91.5 cm³/mol. The van der Waals surface area contributed by atoms with Crippen LogP contribution < -0.4 is 15.4 Å². The minimum Gasteiger partial charge on any atom is -0.496 e. The molecule has 2 rings (SSSR count). The standard InChI is InChI=1S/C18H21ClN2O2/c1-13(15-8-4-5-9-16(15)19)20-12-18(22)21-11-14-7-3-6-10-17(14)23-2/h3-10,13,20H,11-12H2,1-2H3,(H,21,22)/p+1/t13-/m1/s1. The third-order valence-corrected chi connectivity index (χ3v) is 4.07. The summed E-state index contributed by atoms with van der Waals surface area (Å²) < 4.78 is 5.27. The van der Waals surface area contributed by atoms with Crippen molar-refractivity contribution in [2.45, 2.75) is 19.5 Å². The van der Waals surface area contributed by atoms with Crippen LogP contribution in [0.3, 0.4) is 0 Å². The molecule has 2 aromatic carbocycles. The number of carbonyl (C=O) groups is 1. The molecule has 1 atom stereocenters. The highest BCUT2D eigenvalue weighted by molar-refractivity contribution is 6.31. The number of quaternary nitrogens is 1. The number of carbonyl (C=O) groups excluding carboxylic acids is 1. The molecule has 0 spiro atoms. The molecule has 0 aliphatic carbocycles. The number of benzene rings is 2. The number of nitrogens with two attached hydrogens (primary N) is 1. The van der Waals surface area contributed by atoms with Crippen molar-refractivity contribution in [1.82, 2.24) is 5.32 Å². The maximum atomic E-state index is 12.0. The molecule has 0 bridgehead atoms. The summed E-state index contributed by atoms with van der Waals surface area (Å²) in [6, 6.07) is 15.5. The number of amides is 1. The molecule has 2 aromatic rings. The summed E-state index contributed by atoms with van der Waals surface area (Å²) in [5, 5.41) is 5.61. The fourth-order valence-electron chi connectivity index (χ4n) is 2.37. The van der Waals surface area contributed by atoms with Crippen molar-refractivity contribution in [3.63, 3.8) is 0 Å². The van der Waals surface area contributed by atoms with E-state index in [1.165, 1.54) is 0 Å². The zero-order valence-electron chi connectivity index (χ0n) is 13.4. The van der Waals surface area contributed by atoms with Crippen LogP contribution in [0.5, 0.6) is 5.75 Å². The maximum Gasteiger partial charge on any atom is 0.275 e. The summed E-state index contributed by atoms with van der Waals surface area (Å²) in [7, 11) is 1.62. The highest BCUT2D eigenvalue weighted by Crippen LogP contribution is 2.19. The molecule has 0 unspecified atom stereocenters. The second-order valence-corrected chi connectivity index (χ2v) is 5.75. The Balaban J connectivity index is 1.82. The second kappa shape index (κ2) is 8.56. The molecule has 0 fully saturated rings. The first-order chi connectivity index (χ1) is 11.1.